The van der Waals surface area contributed by atoms with Gasteiger partial charge < -0.3 is 0 Å². The molecule has 0 fully saturated rings. The third-order valence-electron chi connectivity index (χ3n) is 3.50. The number of benzene rings is 2. The first kappa shape index (κ1) is 14.5. The molecular weight excluding hydrogens is 302 g/mol. The van der Waals surface area contributed by atoms with Crippen molar-refractivity contribution in [2.45, 2.75) is 19.4 Å². The van der Waals surface area contributed by atoms with Crippen molar-refractivity contribution in [1.29, 1.82) is 0 Å². The summed E-state index contributed by atoms with van der Waals surface area (Å²) in [6.07, 6.45) is 0.761. The Morgan fingerprint density at radius 2 is 2.10 bits per heavy atom. The van der Waals surface area contributed by atoms with Crippen LogP contribution in [0, 0.1) is 6.92 Å². The summed E-state index contributed by atoms with van der Waals surface area (Å²) in [5.41, 5.74) is 6.10. The molecule has 0 amide bonds. The molecule has 0 radical (unpaired) electrons. The molecule has 5 heteroatoms. The van der Waals surface area contributed by atoms with Crippen molar-refractivity contribution in [3.05, 3.63) is 63.6 Å². The molecule has 1 heterocycles. The van der Waals surface area contributed by atoms with Gasteiger partial charge >= 0.3 is 0 Å². The Morgan fingerprint density at radius 1 is 1.29 bits per heavy atom. The Balaban J connectivity index is 1.88. The maximum atomic E-state index is 6.08. The van der Waals surface area contributed by atoms with Crippen molar-refractivity contribution in [3.8, 4) is 0 Å². The van der Waals surface area contributed by atoms with Gasteiger partial charge in [-0.05, 0) is 36.2 Å². The van der Waals surface area contributed by atoms with E-state index in [1.54, 1.807) is 11.3 Å². The van der Waals surface area contributed by atoms with Gasteiger partial charge in [0, 0.05) is 11.4 Å². The quantitative estimate of drug-likeness (QED) is 0.565. The average molecular weight is 318 g/mol. The molecule has 3 aromatic rings. The maximum Gasteiger partial charge on any atom is 0.0958 e. The molecule has 1 aromatic heterocycles. The molecule has 3 rings (SSSR count). The van der Waals surface area contributed by atoms with E-state index in [-0.39, 0.29) is 6.04 Å². The van der Waals surface area contributed by atoms with E-state index < -0.39 is 0 Å². The Bertz CT molecular complexity index is 736. The number of hydrogen-bond acceptors (Lipinski definition) is 4. The molecule has 0 saturated heterocycles. The Hall–Kier alpha value is -1.46. The first-order valence-corrected chi connectivity index (χ1v) is 7.93. The zero-order valence-corrected chi connectivity index (χ0v) is 13.2. The van der Waals surface area contributed by atoms with Crippen molar-refractivity contribution >= 4 is 33.2 Å². The molecule has 1 unspecified atom stereocenters. The standard InChI is InChI=1S/C16H16ClN3S/c1-10-8-11(6-7-12(10)17)14(20-18)9-16-19-13-4-2-3-5-15(13)21-16/h2-8,14,20H,9,18H2,1H3. The van der Waals surface area contributed by atoms with Crippen molar-refractivity contribution in [2.24, 2.45) is 5.84 Å². The molecule has 0 saturated carbocycles. The third kappa shape index (κ3) is 3.09. The van der Waals surface area contributed by atoms with E-state index in [0.717, 1.165) is 33.1 Å². The molecule has 1 atom stereocenters. The summed E-state index contributed by atoms with van der Waals surface area (Å²) in [6.45, 7) is 2.00. The summed E-state index contributed by atoms with van der Waals surface area (Å²) >= 11 is 7.79. The lowest BCUT2D eigenvalue weighted by molar-refractivity contribution is 0.551. The van der Waals surface area contributed by atoms with Gasteiger partial charge in [-0.3, -0.25) is 11.3 Å². The first-order valence-electron chi connectivity index (χ1n) is 6.74. The van der Waals surface area contributed by atoms with E-state index in [2.05, 4.69) is 22.5 Å². The van der Waals surface area contributed by atoms with E-state index >= 15 is 0 Å². The highest BCUT2D eigenvalue weighted by molar-refractivity contribution is 7.18. The fourth-order valence-corrected chi connectivity index (χ4v) is 3.47. The van der Waals surface area contributed by atoms with E-state index in [0.29, 0.717) is 0 Å². The Morgan fingerprint density at radius 3 is 2.81 bits per heavy atom. The highest BCUT2D eigenvalue weighted by atomic mass is 35.5. The van der Waals surface area contributed by atoms with Crippen LogP contribution in [0.15, 0.2) is 42.5 Å². The van der Waals surface area contributed by atoms with E-state index in [1.165, 1.54) is 4.70 Å². The normalized spacial score (nSPS) is 12.7. The lowest BCUT2D eigenvalue weighted by Gasteiger charge is -2.16. The SMILES string of the molecule is Cc1cc(C(Cc2nc3ccccc3s2)NN)ccc1Cl. The molecule has 2 aromatic carbocycles. The largest absolute Gasteiger partial charge is 0.271 e. The molecule has 0 aliphatic rings. The van der Waals surface area contributed by atoms with Gasteiger partial charge in [0.1, 0.15) is 0 Å². The first-order chi connectivity index (χ1) is 10.2. The molecule has 21 heavy (non-hydrogen) atoms. The monoisotopic (exact) mass is 317 g/mol. The Kier molecular flexibility index (Phi) is 4.22. The zero-order chi connectivity index (χ0) is 14.8. The molecule has 0 spiro atoms. The van der Waals surface area contributed by atoms with E-state index in [9.17, 15) is 0 Å². The highest BCUT2D eigenvalue weighted by Crippen LogP contribution is 2.27. The highest BCUT2D eigenvalue weighted by Gasteiger charge is 2.14. The van der Waals surface area contributed by atoms with E-state index in [4.69, 9.17) is 17.4 Å². The fourth-order valence-electron chi connectivity index (χ4n) is 2.34. The second kappa shape index (κ2) is 6.12. The second-order valence-corrected chi connectivity index (χ2v) is 6.53. The molecule has 0 aliphatic heterocycles. The van der Waals surface area contributed by atoms with Gasteiger partial charge in [0.15, 0.2) is 0 Å². The van der Waals surface area contributed by atoms with Gasteiger partial charge in [0.05, 0.1) is 21.3 Å². The van der Waals surface area contributed by atoms with Gasteiger partial charge in [0.25, 0.3) is 0 Å². The molecule has 3 N–H and O–H groups in total. The van der Waals surface area contributed by atoms with Gasteiger partial charge in [-0.1, -0.05) is 35.9 Å². The van der Waals surface area contributed by atoms with Crippen LogP contribution in [0.5, 0.6) is 0 Å². The number of nitrogens with two attached hydrogens (primary N) is 1. The number of nitrogens with zero attached hydrogens (tertiary/aromatic N) is 1. The number of hydrazine groups is 1. The molecule has 0 aliphatic carbocycles. The van der Waals surface area contributed by atoms with Crippen LogP contribution in [0.2, 0.25) is 5.02 Å². The van der Waals surface area contributed by atoms with Crippen molar-refractivity contribution in [1.82, 2.24) is 10.4 Å². The summed E-state index contributed by atoms with van der Waals surface area (Å²) in [4.78, 5) is 4.66. The molecular formula is C16H16ClN3S. The second-order valence-electron chi connectivity index (χ2n) is 5.01. The van der Waals surface area contributed by atoms with E-state index in [1.807, 2.05) is 37.3 Å². The topological polar surface area (TPSA) is 50.9 Å². The zero-order valence-electron chi connectivity index (χ0n) is 11.6. The van der Waals surface area contributed by atoms with Crippen molar-refractivity contribution < 1.29 is 0 Å². The van der Waals surface area contributed by atoms with Crippen LogP contribution >= 0.6 is 22.9 Å². The molecule has 3 nitrogen and oxygen atoms in total. The van der Waals surface area contributed by atoms with Gasteiger partial charge in [0.2, 0.25) is 0 Å². The summed E-state index contributed by atoms with van der Waals surface area (Å²) in [7, 11) is 0. The number of fused-ring (bicyclic) bond motifs is 1. The number of thiazole rings is 1. The smallest absolute Gasteiger partial charge is 0.0958 e. The number of aryl methyl sites for hydroxylation is 1. The average Bonchev–Trinajstić information content (AvgIpc) is 2.90. The van der Waals surface area contributed by atoms with Gasteiger partial charge in [-0.15, -0.1) is 11.3 Å². The number of halogens is 1. The van der Waals surface area contributed by atoms with Crippen molar-refractivity contribution in [3.63, 3.8) is 0 Å². The Labute approximate surface area is 132 Å². The summed E-state index contributed by atoms with van der Waals surface area (Å²) in [5, 5.41) is 1.85. The van der Waals surface area contributed by atoms with Crippen LogP contribution in [0.1, 0.15) is 22.2 Å². The van der Waals surface area contributed by atoms with Crippen LogP contribution in [0.3, 0.4) is 0 Å². The predicted molar refractivity (Wildman–Crippen MR) is 89.6 cm³/mol. The summed E-state index contributed by atoms with van der Waals surface area (Å²) in [6, 6.07) is 14.2. The van der Waals surface area contributed by atoms with Crippen LogP contribution < -0.4 is 11.3 Å². The van der Waals surface area contributed by atoms with Gasteiger partial charge in [-0.25, -0.2) is 4.98 Å². The van der Waals surface area contributed by atoms with Crippen LogP contribution in [-0.2, 0) is 6.42 Å². The number of aromatic nitrogens is 1. The lowest BCUT2D eigenvalue weighted by atomic mass is 10.0. The minimum absolute atomic E-state index is 0.0292. The predicted octanol–water partition coefficient (Wildman–Crippen LogP) is 4.01. The number of hydrogen-bond donors (Lipinski definition) is 2. The number of nitrogens with one attached hydrogen (secondary N) is 1. The summed E-state index contributed by atoms with van der Waals surface area (Å²) in [5.74, 6) is 5.73. The van der Waals surface area contributed by atoms with Crippen LogP contribution in [0.4, 0.5) is 0 Å². The molecule has 0 bridgehead atoms. The van der Waals surface area contributed by atoms with Crippen molar-refractivity contribution in [2.75, 3.05) is 0 Å². The molecule has 108 valence electrons. The lowest BCUT2D eigenvalue weighted by Crippen LogP contribution is -2.29. The third-order valence-corrected chi connectivity index (χ3v) is 4.99. The number of rotatable bonds is 4. The number of para-hydroxylation sites is 1. The summed E-state index contributed by atoms with van der Waals surface area (Å²) < 4.78 is 1.20. The minimum atomic E-state index is 0.0292. The van der Waals surface area contributed by atoms with Crippen LogP contribution in [-0.4, -0.2) is 4.98 Å². The fraction of sp³-hybridized carbons (Fsp3) is 0.188. The minimum Gasteiger partial charge on any atom is -0.271 e. The van der Waals surface area contributed by atoms with Gasteiger partial charge in [-0.2, -0.15) is 0 Å². The maximum absolute atomic E-state index is 6.08. The van der Waals surface area contributed by atoms with Crippen LogP contribution in [0.25, 0.3) is 10.2 Å².